The van der Waals surface area contributed by atoms with E-state index in [0.717, 1.165) is 5.56 Å². The lowest BCUT2D eigenvalue weighted by molar-refractivity contribution is -0.125. The maximum atomic E-state index is 16.1. The number of aryl methyl sites for hydroxylation is 1. The average molecular weight is 381 g/mol. The first-order valence-electron chi connectivity index (χ1n) is 8.37. The second-order valence-electron chi connectivity index (χ2n) is 6.43. The number of hydrogen-bond acceptors (Lipinski definition) is 3. The van der Waals surface area contributed by atoms with E-state index in [0.29, 0.717) is 4.31 Å². The quantitative estimate of drug-likeness (QED) is 0.690. The number of nitrogens with zero attached hydrogens (tertiary/aromatic N) is 1. The third kappa shape index (κ3) is 2.48. The summed E-state index contributed by atoms with van der Waals surface area (Å²) in [5.74, 6) is -1.13. The fraction of sp³-hybridized carbons (Fsp3) is 0.0952. The van der Waals surface area contributed by atoms with E-state index in [1.54, 1.807) is 42.5 Å². The molecular weight excluding hydrogens is 365 g/mol. The molecular formula is C21H16FNO3S. The topological polar surface area (TPSA) is 54.5 Å². The number of amides is 1. The fourth-order valence-corrected chi connectivity index (χ4v) is 4.76. The van der Waals surface area contributed by atoms with Crippen LogP contribution in [-0.4, -0.2) is 14.3 Å². The number of benzene rings is 3. The summed E-state index contributed by atoms with van der Waals surface area (Å²) >= 11 is 0. The van der Waals surface area contributed by atoms with Crippen molar-refractivity contribution in [2.75, 3.05) is 4.31 Å². The molecule has 0 bridgehead atoms. The molecule has 1 unspecified atom stereocenters. The number of halogens is 1. The van der Waals surface area contributed by atoms with Crippen LogP contribution in [0.1, 0.15) is 16.7 Å². The molecule has 0 radical (unpaired) electrons. The van der Waals surface area contributed by atoms with Gasteiger partial charge in [-0.25, -0.2) is 12.8 Å². The van der Waals surface area contributed by atoms with E-state index in [1.807, 2.05) is 6.92 Å². The Balaban J connectivity index is 1.94. The minimum Gasteiger partial charge on any atom is -0.269 e. The van der Waals surface area contributed by atoms with E-state index in [9.17, 15) is 13.2 Å². The van der Waals surface area contributed by atoms with Crippen LogP contribution in [0.25, 0.3) is 0 Å². The van der Waals surface area contributed by atoms with Gasteiger partial charge in [0, 0.05) is 11.1 Å². The molecule has 6 heteroatoms. The van der Waals surface area contributed by atoms with E-state index in [-0.39, 0.29) is 21.7 Å². The van der Waals surface area contributed by atoms with Crippen molar-refractivity contribution in [1.29, 1.82) is 0 Å². The van der Waals surface area contributed by atoms with E-state index in [2.05, 4.69) is 0 Å². The highest BCUT2D eigenvalue weighted by atomic mass is 32.2. The molecule has 1 aliphatic rings. The molecule has 27 heavy (non-hydrogen) atoms. The first kappa shape index (κ1) is 17.4. The van der Waals surface area contributed by atoms with Gasteiger partial charge in [-0.1, -0.05) is 66.2 Å². The predicted octanol–water partition coefficient (Wildman–Crippen LogP) is 3.94. The molecule has 0 aromatic heterocycles. The molecule has 4 nitrogen and oxygen atoms in total. The van der Waals surface area contributed by atoms with Gasteiger partial charge >= 0.3 is 0 Å². The lowest BCUT2D eigenvalue weighted by Crippen LogP contribution is -2.41. The largest absolute Gasteiger partial charge is 0.288 e. The lowest BCUT2D eigenvalue weighted by Gasteiger charge is -2.21. The molecule has 0 N–H and O–H groups in total. The second kappa shape index (κ2) is 6.03. The number of alkyl halides is 1. The van der Waals surface area contributed by atoms with Gasteiger partial charge in [0.15, 0.2) is 0 Å². The molecule has 0 saturated heterocycles. The minimum absolute atomic E-state index is 0.0249. The highest BCUT2D eigenvalue weighted by molar-refractivity contribution is 7.93. The Morgan fingerprint density at radius 1 is 0.852 bits per heavy atom. The number of anilines is 1. The van der Waals surface area contributed by atoms with Crippen molar-refractivity contribution in [3.8, 4) is 0 Å². The van der Waals surface area contributed by atoms with Gasteiger partial charge in [-0.15, -0.1) is 0 Å². The van der Waals surface area contributed by atoms with Gasteiger partial charge in [-0.2, -0.15) is 4.31 Å². The molecule has 0 saturated carbocycles. The van der Waals surface area contributed by atoms with E-state index in [4.69, 9.17) is 0 Å². The Morgan fingerprint density at radius 3 is 2.11 bits per heavy atom. The molecule has 0 fully saturated rings. The minimum atomic E-state index is -4.25. The maximum Gasteiger partial charge on any atom is 0.288 e. The summed E-state index contributed by atoms with van der Waals surface area (Å²) in [6, 6.07) is 20.1. The van der Waals surface area contributed by atoms with Crippen LogP contribution in [0, 0.1) is 6.92 Å². The van der Waals surface area contributed by atoms with Crippen molar-refractivity contribution in [3.05, 3.63) is 95.6 Å². The predicted molar refractivity (Wildman–Crippen MR) is 101 cm³/mol. The zero-order chi connectivity index (χ0) is 19.2. The van der Waals surface area contributed by atoms with Gasteiger partial charge < -0.3 is 0 Å². The molecule has 0 spiro atoms. The van der Waals surface area contributed by atoms with E-state index < -0.39 is 21.6 Å². The number of sulfonamides is 1. The van der Waals surface area contributed by atoms with Crippen LogP contribution in [0.4, 0.5) is 10.1 Å². The number of fused-ring (bicyclic) bond motifs is 1. The van der Waals surface area contributed by atoms with Gasteiger partial charge in [0.05, 0.1) is 10.6 Å². The Kier molecular flexibility index (Phi) is 3.89. The Hall–Kier alpha value is -2.99. The molecule has 136 valence electrons. The molecule has 1 aliphatic heterocycles. The molecule has 3 aromatic carbocycles. The van der Waals surface area contributed by atoms with Gasteiger partial charge in [-0.3, -0.25) is 4.79 Å². The average Bonchev–Trinajstić information content (AvgIpc) is 2.92. The van der Waals surface area contributed by atoms with Crippen LogP contribution in [0.5, 0.6) is 0 Å². The summed E-state index contributed by atoms with van der Waals surface area (Å²) in [5.41, 5.74) is -1.52. The smallest absolute Gasteiger partial charge is 0.269 e. The summed E-state index contributed by atoms with van der Waals surface area (Å²) in [4.78, 5) is 13.1. The summed E-state index contributed by atoms with van der Waals surface area (Å²) < 4.78 is 43.1. The molecule has 1 heterocycles. The monoisotopic (exact) mass is 381 g/mol. The normalized spacial score (nSPS) is 19.2. The van der Waals surface area contributed by atoms with Crippen LogP contribution in [-0.2, 0) is 20.5 Å². The van der Waals surface area contributed by atoms with Crippen molar-refractivity contribution >= 4 is 21.6 Å². The van der Waals surface area contributed by atoms with Crippen molar-refractivity contribution in [1.82, 2.24) is 0 Å². The number of para-hydroxylation sites is 1. The van der Waals surface area contributed by atoms with Crippen LogP contribution >= 0.6 is 0 Å². The lowest BCUT2D eigenvalue weighted by atomic mass is 9.89. The summed E-state index contributed by atoms with van der Waals surface area (Å²) in [5, 5.41) is 0. The van der Waals surface area contributed by atoms with Gasteiger partial charge in [-0.05, 0) is 25.1 Å². The second-order valence-corrected chi connectivity index (χ2v) is 8.22. The molecule has 1 atom stereocenters. The van der Waals surface area contributed by atoms with Crippen LogP contribution in [0.2, 0.25) is 0 Å². The molecule has 0 aliphatic carbocycles. The van der Waals surface area contributed by atoms with Crippen LogP contribution in [0.15, 0.2) is 83.8 Å². The molecule has 1 amide bonds. The standard InChI is InChI=1S/C21H16FNO3S/c1-15-11-13-17(14-12-15)27(25,26)23-19-10-6-5-9-18(19)21(22,20(23)24)16-7-3-2-4-8-16/h2-14H,1H3. The third-order valence-corrected chi connectivity index (χ3v) is 6.42. The number of hydrogen-bond donors (Lipinski definition) is 0. The number of carbonyl (C=O) groups excluding carboxylic acids is 1. The Bertz CT molecular complexity index is 1130. The Morgan fingerprint density at radius 2 is 1.44 bits per heavy atom. The van der Waals surface area contributed by atoms with Gasteiger partial charge in [0.2, 0.25) is 5.67 Å². The number of rotatable bonds is 3. The molecule has 3 aromatic rings. The van der Waals surface area contributed by atoms with Crippen LogP contribution < -0.4 is 4.31 Å². The first-order chi connectivity index (χ1) is 12.9. The first-order valence-corrected chi connectivity index (χ1v) is 9.81. The van der Waals surface area contributed by atoms with Crippen molar-refractivity contribution < 1.29 is 17.6 Å². The van der Waals surface area contributed by atoms with Crippen molar-refractivity contribution in [2.45, 2.75) is 17.5 Å². The van der Waals surface area contributed by atoms with Crippen LogP contribution in [0.3, 0.4) is 0 Å². The fourth-order valence-electron chi connectivity index (χ4n) is 3.31. The maximum absolute atomic E-state index is 16.1. The SMILES string of the molecule is Cc1ccc(S(=O)(=O)N2C(=O)C(F)(c3ccccc3)c3ccccc32)cc1. The highest BCUT2D eigenvalue weighted by Gasteiger charge is 2.56. The molecule has 4 rings (SSSR count). The van der Waals surface area contributed by atoms with E-state index >= 15 is 4.39 Å². The summed E-state index contributed by atoms with van der Waals surface area (Å²) in [6.07, 6.45) is 0. The zero-order valence-corrected chi connectivity index (χ0v) is 15.3. The number of carbonyl (C=O) groups is 1. The third-order valence-electron chi connectivity index (χ3n) is 4.70. The van der Waals surface area contributed by atoms with Crippen molar-refractivity contribution in [3.63, 3.8) is 0 Å². The summed E-state index contributed by atoms with van der Waals surface area (Å²) in [6.45, 7) is 1.83. The zero-order valence-electron chi connectivity index (χ0n) is 14.5. The van der Waals surface area contributed by atoms with E-state index in [1.165, 1.54) is 36.4 Å². The van der Waals surface area contributed by atoms with Crippen molar-refractivity contribution in [2.24, 2.45) is 0 Å². The highest BCUT2D eigenvalue weighted by Crippen LogP contribution is 2.49. The van der Waals surface area contributed by atoms with Gasteiger partial charge in [0.1, 0.15) is 0 Å². The Labute approximate surface area is 156 Å². The van der Waals surface area contributed by atoms with Gasteiger partial charge in [0.25, 0.3) is 15.9 Å². The summed E-state index contributed by atoms with van der Waals surface area (Å²) in [7, 11) is -4.25.